The molecule has 0 spiro atoms. The van der Waals surface area contributed by atoms with E-state index < -0.39 is 5.60 Å². The van der Waals surface area contributed by atoms with Crippen LogP contribution < -0.4 is 4.90 Å². The van der Waals surface area contributed by atoms with E-state index in [1.54, 1.807) is 36.9 Å². The number of aromatic nitrogens is 2. The highest BCUT2D eigenvalue weighted by molar-refractivity contribution is 5.87. The fourth-order valence-corrected chi connectivity index (χ4v) is 2.81. The first-order chi connectivity index (χ1) is 11.3. The SMILES string of the molecule is CC(C)(O)CCn1cc2cc([N+](=O)[O-])c(N3CCOCC3)cc2n1. The summed E-state index contributed by atoms with van der Waals surface area (Å²) in [5, 5.41) is 26.5. The molecule has 0 atom stereocenters. The number of hydrogen-bond acceptors (Lipinski definition) is 6. The van der Waals surface area contributed by atoms with E-state index in [1.807, 2.05) is 4.90 Å². The highest BCUT2D eigenvalue weighted by Gasteiger charge is 2.23. The molecule has 24 heavy (non-hydrogen) atoms. The van der Waals surface area contributed by atoms with Gasteiger partial charge in [0.15, 0.2) is 0 Å². The van der Waals surface area contributed by atoms with Crippen LogP contribution in [0.4, 0.5) is 11.4 Å². The number of rotatable bonds is 5. The lowest BCUT2D eigenvalue weighted by molar-refractivity contribution is -0.384. The molecule has 0 unspecified atom stereocenters. The molecule has 1 saturated heterocycles. The van der Waals surface area contributed by atoms with Crippen molar-refractivity contribution < 1.29 is 14.8 Å². The Hall–Kier alpha value is -2.19. The molecule has 8 heteroatoms. The molecule has 0 saturated carbocycles. The molecule has 1 aromatic carbocycles. The lowest BCUT2D eigenvalue weighted by atomic mass is 10.1. The molecule has 1 aliphatic heterocycles. The van der Waals surface area contributed by atoms with Crippen LogP contribution in [-0.4, -0.2) is 51.7 Å². The summed E-state index contributed by atoms with van der Waals surface area (Å²) in [7, 11) is 0. The van der Waals surface area contributed by atoms with Crippen LogP contribution in [-0.2, 0) is 11.3 Å². The predicted octanol–water partition coefficient (Wildman–Crippen LogP) is 1.94. The van der Waals surface area contributed by atoms with Crippen molar-refractivity contribution in [3.63, 3.8) is 0 Å². The third-order valence-electron chi connectivity index (χ3n) is 4.15. The van der Waals surface area contributed by atoms with Gasteiger partial charge in [-0.3, -0.25) is 14.8 Å². The van der Waals surface area contributed by atoms with Gasteiger partial charge in [0.1, 0.15) is 5.69 Å². The second kappa shape index (κ2) is 6.37. The molecule has 0 bridgehead atoms. The van der Waals surface area contributed by atoms with E-state index in [4.69, 9.17) is 4.74 Å². The number of ether oxygens (including phenoxy) is 1. The van der Waals surface area contributed by atoms with Crippen molar-refractivity contribution in [2.45, 2.75) is 32.4 Å². The van der Waals surface area contributed by atoms with Gasteiger partial charge in [0.25, 0.3) is 5.69 Å². The summed E-state index contributed by atoms with van der Waals surface area (Å²) < 4.78 is 7.05. The number of aryl methyl sites for hydroxylation is 1. The van der Waals surface area contributed by atoms with Crippen molar-refractivity contribution in [3.8, 4) is 0 Å². The summed E-state index contributed by atoms with van der Waals surface area (Å²) in [4.78, 5) is 13.1. The Morgan fingerprint density at radius 1 is 1.38 bits per heavy atom. The van der Waals surface area contributed by atoms with Crippen molar-refractivity contribution >= 4 is 22.3 Å². The first-order valence-corrected chi connectivity index (χ1v) is 8.04. The zero-order chi connectivity index (χ0) is 17.3. The average Bonchev–Trinajstić information content (AvgIpc) is 2.94. The van der Waals surface area contributed by atoms with Gasteiger partial charge < -0.3 is 14.7 Å². The minimum absolute atomic E-state index is 0.0893. The molecule has 1 aliphatic rings. The molecular weight excluding hydrogens is 312 g/mol. The van der Waals surface area contributed by atoms with Gasteiger partial charge >= 0.3 is 0 Å². The number of fused-ring (bicyclic) bond motifs is 1. The van der Waals surface area contributed by atoms with E-state index in [9.17, 15) is 15.2 Å². The summed E-state index contributed by atoms with van der Waals surface area (Å²) in [6.07, 6.45) is 2.34. The van der Waals surface area contributed by atoms with Gasteiger partial charge in [-0.1, -0.05) is 0 Å². The Labute approximate surface area is 139 Å². The van der Waals surface area contributed by atoms with Gasteiger partial charge in [-0.05, 0) is 26.3 Å². The molecule has 1 fully saturated rings. The number of nitro groups is 1. The fraction of sp³-hybridized carbons (Fsp3) is 0.562. The maximum Gasteiger partial charge on any atom is 0.293 e. The molecular formula is C16H22N4O4. The van der Waals surface area contributed by atoms with Crippen LogP contribution in [0.25, 0.3) is 10.9 Å². The Morgan fingerprint density at radius 2 is 2.08 bits per heavy atom. The minimum atomic E-state index is -0.775. The Balaban J connectivity index is 1.95. The lowest BCUT2D eigenvalue weighted by Gasteiger charge is -2.28. The highest BCUT2D eigenvalue weighted by Crippen LogP contribution is 2.33. The standard InChI is InChI=1S/C16H22N4O4/c1-16(2,21)3-4-19-11-12-9-15(20(22)23)14(10-13(12)17-19)18-5-7-24-8-6-18/h9-11,21H,3-8H2,1-2H3. The van der Waals surface area contributed by atoms with Crippen molar-refractivity contribution in [1.82, 2.24) is 9.78 Å². The fourth-order valence-electron chi connectivity index (χ4n) is 2.81. The number of benzene rings is 1. The van der Waals surface area contributed by atoms with Crippen LogP contribution in [0, 0.1) is 10.1 Å². The molecule has 130 valence electrons. The van der Waals surface area contributed by atoms with Crippen LogP contribution in [0.15, 0.2) is 18.3 Å². The first-order valence-electron chi connectivity index (χ1n) is 8.04. The maximum atomic E-state index is 11.5. The third-order valence-corrected chi connectivity index (χ3v) is 4.15. The lowest BCUT2D eigenvalue weighted by Crippen LogP contribution is -2.36. The molecule has 0 amide bonds. The van der Waals surface area contributed by atoms with Gasteiger partial charge in [-0.25, -0.2) is 0 Å². The van der Waals surface area contributed by atoms with Gasteiger partial charge in [0.2, 0.25) is 0 Å². The Morgan fingerprint density at radius 3 is 2.71 bits per heavy atom. The largest absolute Gasteiger partial charge is 0.390 e. The zero-order valence-corrected chi connectivity index (χ0v) is 13.9. The van der Waals surface area contributed by atoms with E-state index in [-0.39, 0.29) is 10.6 Å². The van der Waals surface area contributed by atoms with E-state index >= 15 is 0 Å². The number of hydrogen-bond donors (Lipinski definition) is 1. The number of nitro benzene ring substituents is 1. The van der Waals surface area contributed by atoms with Gasteiger partial charge in [-0.2, -0.15) is 5.10 Å². The average molecular weight is 334 g/mol. The van der Waals surface area contributed by atoms with E-state index in [1.165, 1.54) is 0 Å². The molecule has 8 nitrogen and oxygen atoms in total. The third kappa shape index (κ3) is 3.65. The Bertz CT molecular complexity index is 744. The molecule has 3 rings (SSSR count). The zero-order valence-electron chi connectivity index (χ0n) is 13.9. The van der Waals surface area contributed by atoms with Crippen molar-refractivity contribution in [1.29, 1.82) is 0 Å². The Kier molecular flexibility index (Phi) is 4.42. The van der Waals surface area contributed by atoms with Gasteiger partial charge in [0.05, 0.1) is 29.3 Å². The number of morpholine rings is 1. The summed E-state index contributed by atoms with van der Waals surface area (Å²) in [6, 6.07) is 3.35. The summed E-state index contributed by atoms with van der Waals surface area (Å²) >= 11 is 0. The van der Waals surface area contributed by atoms with Crippen LogP contribution in [0.2, 0.25) is 0 Å². The monoisotopic (exact) mass is 334 g/mol. The molecule has 0 radical (unpaired) electrons. The van der Waals surface area contributed by atoms with Crippen molar-refractivity contribution in [2.75, 3.05) is 31.2 Å². The minimum Gasteiger partial charge on any atom is -0.390 e. The van der Waals surface area contributed by atoms with E-state index in [0.29, 0.717) is 45.0 Å². The second-order valence-corrected chi connectivity index (χ2v) is 6.71. The van der Waals surface area contributed by atoms with Gasteiger partial charge in [0, 0.05) is 37.3 Å². The van der Waals surface area contributed by atoms with Crippen molar-refractivity contribution in [3.05, 3.63) is 28.4 Å². The summed E-state index contributed by atoms with van der Waals surface area (Å²) in [5.74, 6) is 0. The maximum absolute atomic E-state index is 11.5. The second-order valence-electron chi connectivity index (χ2n) is 6.71. The molecule has 0 aliphatic carbocycles. The molecule has 2 aromatic rings. The van der Waals surface area contributed by atoms with Crippen LogP contribution >= 0.6 is 0 Å². The smallest absolute Gasteiger partial charge is 0.293 e. The van der Waals surface area contributed by atoms with E-state index in [2.05, 4.69) is 5.10 Å². The highest BCUT2D eigenvalue weighted by atomic mass is 16.6. The van der Waals surface area contributed by atoms with Crippen molar-refractivity contribution in [2.24, 2.45) is 0 Å². The summed E-state index contributed by atoms with van der Waals surface area (Å²) in [6.45, 7) is 6.44. The topological polar surface area (TPSA) is 93.7 Å². The molecule has 1 N–H and O–H groups in total. The molecule has 2 heterocycles. The van der Waals surface area contributed by atoms with Gasteiger partial charge in [-0.15, -0.1) is 0 Å². The number of anilines is 1. The van der Waals surface area contributed by atoms with Crippen LogP contribution in [0.3, 0.4) is 0 Å². The summed E-state index contributed by atoms with van der Waals surface area (Å²) in [5.41, 5.74) is 0.621. The van der Waals surface area contributed by atoms with E-state index in [0.717, 1.165) is 10.9 Å². The normalized spacial score (nSPS) is 15.9. The van der Waals surface area contributed by atoms with Crippen LogP contribution in [0.5, 0.6) is 0 Å². The quantitative estimate of drug-likeness (QED) is 0.663. The predicted molar refractivity (Wildman–Crippen MR) is 90.3 cm³/mol. The first kappa shape index (κ1) is 16.7. The number of aliphatic hydroxyl groups is 1. The van der Waals surface area contributed by atoms with Crippen LogP contribution in [0.1, 0.15) is 20.3 Å². The molecule has 1 aromatic heterocycles. The number of nitrogens with zero attached hydrogens (tertiary/aromatic N) is 4.